The van der Waals surface area contributed by atoms with Crippen LogP contribution in [0.25, 0.3) is 0 Å². The van der Waals surface area contributed by atoms with E-state index < -0.39 is 0 Å². The van der Waals surface area contributed by atoms with E-state index >= 15 is 0 Å². The van der Waals surface area contributed by atoms with Crippen LogP contribution in [0.4, 0.5) is 5.69 Å². The maximum absolute atomic E-state index is 5.20. The molecule has 0 saturated heterocycles. The van der Waals surface area contributed by atoms with E-state index in [0.29, 0.717) is 6.61 Å². The Morgan fingerprint density at radius 2 is 2.06 bits per heavy atom. The molecule has 96 valence electrons. The Morgan fingerprint density at radius 1 is 1.22 bits per heavy atom. The van der Waals surface area contributed by atoms with E-state index in [2.05, 4.69) is 47.4 Å². The summed E-state index contributed by atoms with van der Waals surface area (Å²) >= 11 is 0. The molecule has 1 heterocycles. The van der Waals surface area contributed by atoms with Crippen molar-refractivity contribution in [3.8, 4) is 0 Å². The number of rotatable bonds is 6. The van der Waals surface area contributed by atoms with Crippen molar-refractivity contribution in [2.24, 2.45) is 0 Å². The number of hydrogen-bond donors (Lipinski definition) is 1. The van der Waals surface area contributed by atoms with Gasteiger partial charge in [0.1, 0.15) is 0 Å². The summed E-state index contributed by atoms with van der Waals surface area (Å²) in [6.07, 6.45) is 4.28. The zero-order chi connectivity index (χ0) is 12.8. The number of anilines is 1. The topological polar surface area (TPSA) is 26.2 Å². The number of aryl methyl sites for hydroxylation is 1. The lowest BCUT2D eigenvalue weighted by atomic mass is 10.2. The van der Waals surface area contributed by atoms with Gasteiger partial charge in [-0.3, -0.25) is 0 Å². The van der Waals surface area contributed by atoms with Crippen molar-refractivity contribution in [1.82, 2.24) is 4.57 Å². The maximum Gasteiger partial charge on any atom is 0.0733 e. The number of benzene rings is 1. The van der Waals surface area contributed by atoms with Crippen LogP contribution in [0.15, 0.2) is 42.7 Å². The Labute approximate surface area is 108 Å². The number of nitrogens with zero attached hydrogens (tertiary/aromatic N) is 1. The van der Waals surface area contributed by atoms with Gasteiger partial charge in [0.05, 0.1) is 6.61 Å². The predicted octanol–water partition coefficient (Wildman–Crippen LogP) is 3.27. The summed E-state index contributed by atoms with van der Waals surface area (Å²) in [6, 6.07) is 10.4. The van der Waals surface area contributed by atoms with Gasteiger partial charge in [0.15, 0.2) is 0 Å². The summed E-state index contributed by atoms with van der Waals surface area (Å²) in [5.74, 6) is 0. The molecule has 0 saturated carbocycles. The molecule has 18 heavy (non-hydrogen) atoms. The van der Waals surface area contributed by atoms with Crippen LogP contribution in [0.2, 0.25) is 0 Å². The Balaban J connectivity index is 2.01. The molecule has 0 bridgehead atoms. The van der Waals surface area contributed by atoms with Crippen LogP contribution < -0.4 is 5.32 Å². The van der Waals surface area contributed by atoms with Gasteiger partial charge in [-0.2, -0.15) is 0 Å². The molecule has 0 aliphatic rings. The lowest BCUT2D eigenvalue weighted by Crippen LogP contribution is -2.02. The lowest BCUT2D eigenvalue weighted by Gasteiger charge is -2.10. The molecule has 0 aliphatic heterocycles. The summed E-state index contributed by atoms with van der Waals surface area (Å²) in [5.41, 5.74) is 3.63. The van der Waals surface area contributed by atoms with Crippen LogP contribution in [0.3, 0.4) is 0 Å². The molecule has 0 spiro atoms. The third-order valence-corrected chi connectivity index (χ3v) is 2.98. The first-order valence-electron chi connectivity index (χ1n) is 6.29. The molecule has 0 aliphatic carbocycles. The maximum atomic E-state index is 5.20. The van der Waals surface area contributed by atoms with Crippen LogP contribution >= 0.6 is 0 Å². The zero-order valence-electron chi connectivity index (χ0n) is 11.0. The molecule has 2 rings (SSSR count). The minimum absolute atomic E-state index is 0.638. The van der Waals surface area contributed by atoms with Crippen LogP contribution in [-0.2, 0) is 24.4 Å². The molecule has 1 aromatic carbocycles. The first-order chi connectivity index (χ1) is 8.83. The van der Waals surface area contributed by atoms with Crippen molar-refractivity contribution in [3.63, 3.8) is 0 Å². The standard InChI is InChI=1S/C15H20N2O/c1-3-17-9-8-13(11-17)10-16-15-7-5-4-6-14(15)12-18-2/h4-9,11,16H,3,10,12H2,1-2H3. The van der Waals surface area contributed by atoms with Crippen molar-refractivity contribution in [3.05, 3.63) is 53.9 Å². The fourth-order valence-corrected chi connectivity index (χ4v) is 1.96. The van der Waals surface area contributed by atoms with E-state index in [0.717, 1.165) is 18.8 Å². The second kappa shape index (κ2) is 6.26. The largest absolute Gasteiger partial charge is 0.381 e. The van der Waals surface area contributed by atoms with E-state index in [1.54, 1.807) is 7.11 Å². The Bertz CT molecular complexity index is 491. The Morgan fingerprint density at radius 3 is 2.78 bits per heavy atom. The normalized spacial score (nSPS) is 10.6. The van der Waals surface area contributed by atoms with E-state index in [9.17, 15) is 0 Å². The predicted molar refractivity (Wildman–Crippen MR) is 74.6 cm³/mol. The van der Waals surface area contributed by atoms with Gasteiger partial charge in [-0.25, -0.2) is 0 Å². The van der Waals surface area contributed by atoms with Gasteiger partial charge < -0.3 is 14.6 Å². The molecule has 0 atom stereocenters. The van der Waals surface area contributed by atoms with Crippen molar-refractivity contribution < 1.29 is 4.74 Å². The van der Waals surface area contributed by atoms with E-state index in [1.807, 2.05) is 12.1 Å². The number of ether oxygens (including phenoxy) is 1. The van der Waals surface area contributed by atoms with E-state index in [1.165, 1.54) is 11.1 Å². The summed E-state index contributed by atoms with van der Waals surface area (Å²) in [4.78, 5) is 0. The van der Waals surface area contributed by atoms with Crippen LogP contribution in [0, 0.1) is 0 Å². The first-order valence-corrected chi connectivity index (χ1v) is 6.29. The smallest absolute Gasteiger partial charge is 0.0733 e. The summed E-state index contributed by atoms with van der Waals surface area (Å²) in [7, 11) is 1.72. The average molecular weight is 244 g/mol. The molecule has 0 fully saturated rings. The SMILES string of the molecule is CCn1ccc(CNc2ccccc2COC)c1. The highest BCUT2D eigenvalue weighted by molar-refractivity contribution is 5.51. The van der Waals surface area contributed by atoms with E-state index in [4.69, 9.17) is 4.74 Å². The van der Waals surface area contributed by atoms with Crippen molar-refractivity contribution in [2.75, 3.05) is 12.4 Å². The highest BCUT2D eigenvalue weighted by atomic mass is 16.5. The second-order valence-electron chi connectivity index (χ2n) is 4.29. The second-order valence-corrected chi connectivity index (χ2v) is 4.29. The molecule has 2 aromatic rings. The fraction of sp³-hybridized carbons (Fsp3) is 0.333. The molecule has 0 radical (unpaired) electrons. The van der Waals surface area contributed by atoms with Gasteiger partial charge in [0.25, 0.3) is 0 Å². The Kier molecular flexibility index (Phi) is 4.42. The first kappa shape index (κ1) is 12.7. The monoisotopic (exact) mass is 244 g/mol. The third-order valence-electron chi connectivity index (χ3n) is 2.98. The van der Waals surface area contributed by atoms with E-state index in [-0.39, 0.29) is 0 Å². The minimum Gasteiger partial charge on any atom is -0.381 e. The minimum atomic E-state index is 0.638. The van der Waals surface area contributed by atoms with Gasteiger partial charge in [0, 0.05) is 43.8 Å². The van der Waals surface area contributed by atoms with Crippen molar-refractivity contribution >= 4 is 5.69 Å². The number of para-hydroxylation sites is 1. The highest BCUT2D eigenvalue weighted by Gasteiger charge is 2.01. The van der Waals surface area contributed by atoms with Crippen LogP contribution in [-0.4, -0.2) is 11.7 Å². The van der Waals surface area contributed by atoms with Gasteiger partial charge >= 0.3 is 0 Å². The van der Waals surface area contributed by atoms with Gasteiger partial charge in [-0.1, -0.05) is 18.2 Å². The molecule has 1 N–H and O–H groups in total. The van der Waals surface area contributed by atoms with Gasteiger partial charge in [-0.05, 0) is 24.6 Å². The van der Waals surface area contributed by atoms with Crippen LogP contribution in [0.1, 0.15) is 18.1 Å². The number of aromatic nitrogens is 1. The number of methoxy groups -OCH3 is 1. The molecule has 0 amide bonds. The molecule has 1 aromatic heterocycles. The van der Waals surface area contributed by atoms with Crippen LogP contribution in [0.5, 0.6) is 0 Å². The number of hydrogen-bond acceptors (Lipinski definition) is 2. The number of nitrogens with one attached hydrogen (secondary N) is 1. The highest BCUT2D eigenvalue weighted by Crippen LogP contribution is 2.17. The fourth-order valence-electron chi connectivity index (χ4n) is 1.96. The molecule has 3 heteroatoms. The van der Waals surface area contributed by atoms with Gasteiger partial charge in [0.2, 0.25) is 0 Å². The van der Waals surface area contributed by atoms with Crippen molar-refractivity contribution in [2.45, 2.75) is 26.6 Å². The molecular formula is C15H20N2O. The summed E-state index contributed by atoms with van der Waals surface area (Å²) < 4.78 is 7.38. The molecule has 3 nitrogen and oxygen atoms in total. The van der Waals surface area contributed by atoms with Crippen molar-refractivity contribution in [1.29, 1.82) is 0 Å². The zero-order valence-corrected chi connectivity index (χ0v) is 11.0. The lowest BCUT2D eigenvalue weighted by molar-refractivity contribution is 0.185. The molecular weight excluding hydrogens is 224 g/mol. The quantitative estimate of drug-likeness (QED) is 0.844. The molecule has 0 unspecified atom stereocenters. The summed E-state index contributed by atoms with van der Waals surface area (Å²) in [5, 5.41) is 3.46. The Hall–Kier alpha value is -1.74. The third kappa shape index (κ3) is 3.14. The average Bonchev–Trinajstić information content (AvgIpc) is 2.86. The summed E-state index contributed by atoms with van der Waals surface area (Å²) in [6.45, 7) is 4.64. The van der Waals surface area contributed by atoms with Gasteiger partial charge in [-0.15, -0.1) is 0 Å².